The third kappa shape index (κ3) is 2.50. The van der Waals surface area contributed by atoms with E-state index in [9.17, 15) is 0 Å². The number of hydrogen-bond acceptors (Lipinski definition) is 1. The lowest BCUT2D eigenvalue weighted by atomic mass is 10.1. The molecule has 1 atom stereocenters. The third-order valence-electron chi connectivity index (χ3n) is 2.12. The second-order valence-electron chi connectivity index (χ2n) is 3.04. The van der Waals surface area contributed by atoms with E-state index >= 15 is 0 Å². The first-order valence-corrected chi connectivity index (χ1v) is 6.51. The van der Waals surface area contributed by atoms with Crippen molar-refractivity contribution in [2.24, 2.45) is 0 Å². The molecule has 0 aliphatic rings. The zero-order chi connectivity index (χ0) is 10.5. The van der Waals surface area contributed by atoms with Crippen molar-refractivity contribution in [3.05, 3.63) is 54.6 Å². The summed E-state index contributed by atoms with van der Waals surface area (Å²) in [6.45, 7) is 0. The second kappa shape index (κ2) is 5.16. The summed E-state index contributed by atoms with van der Waals surface area (Å²) in [4.78, 5) is 0. The molecule has 0 N–H and O–H groups in total. The van der Waals surface area contributed by atoms with Crippen molar-refractivity contribution in [3.8, 4) is 16.9 Å². The maximum atomic E-state index is 5.60. The van der Waals surface area contributed by atoms with E-state index in [0.717, 1.165) is 16.9 Å². The zero-order valence-electron chi connectivity index (χ0n) is 7.98. The minimum atomic E-state index is -0.0513. The van der Waals surface area contributed by atoms with E-state index in [2.05, 4.69) is 12.1 Å². The average Bonchev–Trinajstić information content (AvgIpc) is 2.31. The monoisotopic (exact) mass is 236 g/mol. The van der Waals surface area contributed by atoms with Crippen LogP contribution in [0.15, 0.2) is 54.6 Å². The highest BCUT2D eigenvalue weighted by atomic mass is 35.7. The van der Waals surface area contributed by atoms with Crippen LogP contribution in [0.4, 0.5) is 0 Å². The first-order chi connectivity index (χ1) is 7.42. The van der Waals surface area contributed by atoms with Crippen molar-refractivity contribution >= 4 is 19.4 Å². The molecule has 0 radical (unpaired) electrons. The fourth-order valence-corrected chi connectivity index (χ4v) is 1.96. The first kappa shape index (κ1) is 10.5. The molecule has 0 fully saturated rings. The molecule has 2 aromatic rings. The van der Waals surface area contributed by atoms with Crippen LogP contribution in [0, 0.1) is 0 Å². The van der Waals surface area contributed by atoms with E-state index in [4.69, 9.17) is 15.8 Å². The number of benzene rings is 2. The Kier molecular flexibility index (Phi) is 3.60. The highest BCUT2D eigenvalue weighted by molar-refractivity contribution is 7.64. The average molecular weight is 237 g/mol. The maximum Gasteiger partial charge on any atom is 0.168 e. The van der Waals surface area contributed by atoms with Gasteiger partial charge in [0, 0.05) is 5.56 Å². The summed E-state index contributed by atoms with van der Waals surface area (Å²) in [5.74, 6) is 0.831. The van der Waals surface area contributed by atoms with Crippen molar-refractivity contribution in [2.45, 2.75) is 0 Å². The van der Waals surface area contributed by atoms with Crippen molar-refractivity contribution in [3.63, 3.8) is 0 Å². The molecule has 1 nitrogen and oxygen atoms in total. The van der Waals surface area contributed by atoms with Crippen molar-refractivity contribution in [1.82, 2.24) is 0 Å². The van der Waals surface area contributed by atoms with Gasteiger partial charge in [0.05, 0.1) is 0 Å². The van der Waals surface area contributed by atoms with Gasteiger partial charge in [0.2, 0.25) is 0 Å². The smallest absolute Gasteiger partial charge is 0.168 e. The van der Waals surface area contributed by atoms with Crippen LogP contribution >= 0.6 is 19.4 Å². The van der Waals surface area contributed by atoms with E-state index in [1.54, 1.807) is 0 Å². The molecular weight excluding hydrogens is 227 g/mol. The molecule has 0 saturated heterocycles. The molecule has 0 spiro atoms. The van der Waals surface area contributed by atoms with Crippen LogP contribution < -0.4 is 4.52 Å². The number of para-hydroxylation sites is 1. The molecule has 2 rings (SSSR count). The van der Waals surface area contributed by atoms with E-state index in [-0.39, 0.29) is 8.16 Å². The van der Waals surface area contributed by atoms with Gasteiger partial charge in [0.1, 0.15) is 5.75 Å². The molecule has 0 heterocycles. The van der Waals surface area contributed by atoms with Crippen molar-refractivity contribution in [2.75, 3.05) is 0 Å². The van der Waals surface area contributed by atoms with Crippen LogP contribution in [0.2, 0.25) is 0 Å². The molecule has 0 aliphatic carbocycles. The normalized spacial score (nSPS) is 10.7. The predicted molar refractivity (Wildman–Crippen MR) is 66.7 cm³/mol. The molecule has 0 aromatic heterocycles. The lowest BCUT2D eigenvalue weighted by molar-refractivity contribution is 0.644. The maximum absolute atomic E-state index is 5.60. The zero-order valence-corrected chi connectivity index (χ0v) is 9.74. The Morgan fingerprint density at radius 3 is 2.27 bits per heavy atom. The summed E-state index contributed by atoms with van der Waals surface area (Å²) in [5.41, 5.74) is 2.22. The lowest BCUT2D eigenvalue weighted by Gasteiger charge is -2.08. The lowest BCUT2D eigenvalue weighted by Crippen LogP contribution is -1.82. The topological polar surface area (TPSA) is 9.23 Å². The van der Waals surface area contributed by atoms with Gasteiger partial charge >= 0.3 is 0 Å². The van der Waals surface area contributed by atoms with Gasteiger partial charge in [-0.15, -0.1) is 0 Å². The highest BCUT2D eigenvalue weighted by Crippen LogP contribution is 2.34. The quantitative estimate of drug-likeness (QED) is 0.714. The Bertz CT molecular complexity index is 431. The Labute approximate surface area is 95.7 Å². The predicted octanol–water partition coefficient (Wildman–Crippen LogP) is 4.48. The standard InChI is InChI=1S/C12H10ClOP/c13-15-14-12-9-5-4-8-11(12)10-6-2-1-3-7-10/h1-9,15H. The van der Waals surface area contributed by atoms with Crippen LogP contribution in [0.25, 0.3) is 11.1 Å². The fourth-order valence-electron chi connectivity index (χ4n) is 1.45. The van der Waals surface area contributed by atoms with Crippen LogP contribution in [0.1, 0.15) is 0 Å². The Hall–Kier alpha value is -1.04. The minimum absolute atomic E-state index is 0.0513. The Morgan fingerprint density at radius 1 is 0.867 bits per heavy atom. The number of hydrogen-bond donors (Lipinski definition) is 0. The molecule has 0 saturated carbocycles. The third-order valence-corrected chi connectivity index (χ3v) is 2.65. The van der Waals surface area contributed by atoms with Gasteiger partial charge in [-0.05, 0) is 11.6 Å². The molecule has 15 heavy (non-hydrogen) atoms. The second-order valence-corrected chi connectivity index (χ2v) is 3.86. The molecule has 0 amide bonds. The molecule has 2 aromatic carbocycles. The molecule has 3 heteroatoms. The summed E-state index contributed by atoms with van der Waals surface area (Å²) in [6, 6.07) is 18.0. The van der Waals surface area contributed by atoms with Gasteiger partial charge in [0.15, 0.2) is 8.16 Å². The van der Waals surface area contributed by atoms with Gasteiger partial charge in [-0.1, -0.05) is 59.8 Å². The highest BCUT2D eigenvalue weighted by Gasteiger charge is 2.03. The van der Waals surface area contributed by atoms with Crippen LogP contribution in [-0.2, 0) is 0 Å². The van der Waals surface area contributed by atoms with Gasteiger partial charge in [-0.3, -0.25) is 0 Å². The van der Waals surface area contributed by atoms with Crippen LogP contribution in [0.5, 0.6) is 5.75 Å². The van der Waals surface area contributed by atoms with Crippen LogP contribution in [-0.4, -0.2) is 0 Å². The molecule has 0 bridgehead atoms. The molecule has 1 unspecified atom stereocenters. The SMILES string of the molecule is ClPOc1ccccc1-c1ccccc1. The summed E-state index contributed by atoms with van der Waals surface area (Å²) >= 11 is 5.60. The van der Waals surface area contributed by atoms with Crippen LogP contribution in [0.3, 0.4) is 0 Å². The van der Waals surface area contributed by atoms with E-state index in [1.165, 1.54) is 0 Å². The summed E-state index contributed by atoms with van der Waals surface area (Å²) in [6.07, 6.45) is 0. The largest absolute Gasteiger partial charge is 0.460 e. The number of halogens is 1. The van der Waals surface area contributed by atoms with Gasteiger partial charge in [-0.25, -0.2) is 0 Å². The Balaban J connectivity index is 2.43. The van der Waals surface area contributed by atoms with Gasteiger partial charge < -0.3 is 4.52 Å². The van der Waals surface area contributed by atoms with Crippen molar-refractivity contribution < 1.29 is 4.52 Å². The van der Waals surface area contributed by atoms with Crippen molar-refractivity contribution in [1.29, 1.82) is 0 Å². The minimum Gasteiger partial charge on any atom is -0.460 e. The van der Waals surface area contributed by atoms with E-state index < -0.39 is 0 Å². The summed E-state index contributed by atoms with van der Waals surface area (Å²) in [7, 11) is -0.0513. The van der Waals surface area contributed by atoms with Gasteiger partial charge in [-0.2, -0.15) is 0 Å². The van der Waals surface area contributed by atoms with Gasteiger partial charge in [0.25, 0.3) is 0 Å². The summed E-state index contributed by atoms with van der Waals surface area (Å²) in [5, 5.41) is 0. The number of rotatable bonds is 3. The van der Waals surface area contributed by atoms with E-state index in [1.807, 2.05) is 42.5 Å². The Morgan fingerprint density at radius 2 is 1.53 bits per heavy atom. The van der Waals surface area contributed by atoms with E-state index in [0.29, 0.717) is 0 Å². The molecule has 0 aliphatic heterocycles. The first-order valence-electron chi connectivity index (χ1n) is 4.59. The molecule has 76 valence electrons. The molecular formula is C12H10ClOP. The summed E-state index contributed by atoms with van der Waals surface area (Å²) < 4.78 is 5.38. The fraction of sp³-hybridized carbons (Fsp3) is 0.